The van der Waals surface area contributed by atoms with Crippen LogP contribution in [0.4, 0.5) is 5.69 Å². The van der Waals surface area contributed by atoms with E-state index in [2.05, 4.69) is 20.7 Å². The average Bonchev–Trinajstić information content (AvgIpc) is 2.30. The zero-order valence-electron chi connectivity index (χ0n) is 9.47. The molecule has 2 N–H and O–H groups in total. The molecule has 1 aromatic rings. The predicted molar refractivity (Wildman–Crippen MR) is 69.8 cm³/mol. The fourth-order valence-electron chi connectivity index (χ4n) is 1.06. The van der Waals surface area contributed by atoms with Crippen molar-refractivity contribution in [3.8, 4) is 5.75 Å². The summed E-state index contributed by atoms with van der Waals surface area (Å²) >= 11 is 3.24. The van der Waals surface area contributed by atoms with Crippen molar-refractivity contribution in [2.24, 2.45) is 0 Å². The van der Waals surface area contributed by atoms with Crippen LogP contribution in [0.3, 0.4) is 0 Å². The first-order valence-electron chi connectivity index (χ1n) is 4.86. The van der Waals surface area contributed by atoms with Gasteiger partial charge in [0.05, 0.1) is 19.4 Å². The average molecular weight is 324 g/mol. The Morgan fingerprint density at radius 3 is 2.71 bits per heavy atom. The Morgan fingerprint density at radius 2 is 2.18 bits per heavy atom. The smallest absolute Gasteiger partial charge is 0.237 e. The number of benzene rings is 1. The standard InChI is InChI=1S/C10H14BrNO4S/c1-7(6-13)17(14,15)12-10-5-8(16-2)3-4-9(10)11/h3-5,7,12-13H,6H2,1-2H3. The molecule has 1 atom stereocenters. The van der Waals surface area contributed by atoms with E-state index in [9.17, 15) is 8.42 Å². The highest BCUT2D eigenvalue weighted by molar-refractivity contribution is 9.10. The van der Waals surface area contributed by atoms with Crippen molar-refractivity contribution in [1.29, 1.82) is 0 Å². The molecule has 7 heteroatoms. The van der Waals surface area contributed by atoms with Gasteiger partial charge in [-0.15, -0.1) is 0 Å². The van der Waals surface area contributed by atoms with Gasteiger partial charge in [0.15, 0.2) is 0 Å². The van der Waals surface area contributed by atoms with Crippen LogP contribution in [0.1, 0.15) is 6.92 Å². The summed E-state index contributed by atoms with van der Waals surface area (Å²) in [6.07, 6.45) is 0. The minimum atomic E-state index is -3.60. The van der Waals surface area contributed by atoms with E-state index < -0.39 is 21.9 Å². The van der Waals surface area contributed by atoms with Crippen LogP contribution < -0.4 is 9.46 Å². The van der Waals surface area contributed by atoms with Gasteiger partial charge in [0.25, 0.3) is 0 Å². The Hall–Kier alpha value is -0.790. The van der Waals surface area contributed by atoms with Gasteiger partial charge in [-0.2, -0.15) is 0 Å². The number of aliphatic hydroxyl groups is 1. The Kier molecular flexibility index (Phi) is 4.79. The van der Waals surface area contributed by atoms with Crippen LogP contribution >= 0.6 is 15.9 Å². The van der Waals surface area contributed by atoms with Crippen LogP contribution in [0.25, 0.3) is 0 Å². The highest BCUT2D eigenvalue weighted by Crippen LogP contribution is 2.28. The number of halogens is 1. The van der Waals surface area contributed by atoms with Crippen molar-refractivity contribution < 1.29 is 18.3 Å². The van der Waals surface area contributed by atoms with Crippen molar-refractivity contribution in [3.63, 3.8) is 0 Å². The Labute approximate surface area is 109 Å². The normalized spacial score (nSPS) is 13.2. The van der Waals surface area contributed by atoms with Gasteiger partial charge in [-0.1, -0.05) is 0 Å². The molecule has 0 fully saturated rings. The van der Waals surface area contributed by atoms with E-state index in [-0.39, 0.29) is 0 Å². The topological polar surface area (TPSA) is 75.6 Å². The van der Waals surface area contributed by atoms with Gasteiger partial charge in [0.2, 0.25) is 10.0 Å². The molecule has 0 aliphatic carbocycles. The summed E-state index contributed by atoms with van der Waals surface area (Å²) in [5.74, 6) is 0.544. The second kappa shape index (κ2) is 5.70. The van der Waals surface area contributed by atoms with Crippen LogP contribution in [0.15, 0.2) is 22.7 Å². The number of sulfonamides is 1. The Morgan fingerprint density at radius 1 is 1.53 bits per heavy atom. The number of hydrogen-bond acceptors (Lipinski definition) is 4. The van der Waals surface area contributed by atoms with Crippen LogP contribution in [0.2, 0.25) is 0 Å². The number of hydrogen-bond donors (Lipinski definition) is 2. The highest BCUT2D eigenvalue weighted by atomic mass is 79.9. The van der Waals surface area contributed by atoms with Crippen molar-refractivity contribution in [2.45, 2.75) is 12.2 Å². The van der Waals surface area contributed by atoms with E-state index in [1.165, 1.54) is 14.0 Å². The van der Waals surface area contributed by atoms with Crippen molar-refractivity contribution >= 4 is 31.6 Å². The number of aliphatic hydroxyl groups excluding tert-OH is 1. The van der Waals surface area contributed by atoms with Crippen LogP contribution in [0, 0.1) is 0 Å². The van der Waals surface area contributed by atoms with E-state index in [0.29, 0.717) is 15.9 Å². The zero-order chi connectivity index (χ0) is 13.1. The van der Waals surface area contributed by atoms with Gasteiger partial charge < -0.3 is 9.84 Å². The first kappa shape index (κ1) is 14.3. The number of ether oxygens (including phenoxy) is 1. The van der Waals surface area contributed by atoms with Gasteiger partial charge in [-0.25, -0.2) is 8.42 Å². The lowest BCUT2D eigenvalue weighted by atomic mass is 10.3. The second-order valence-corrected chi connectivity index (χ2v) is 6.44. The molecule has 0 spiro atoms. The number of methoxy groups -OCH3 is 1. The summed E-state index contributed by atoms with van der Waals surface area (Å²) in [6.45, 7) is 0.993. The van der Waals surface area contributed by atoms with Crippen LogP contribution in [-0.4, -0.2) is 32.5 Å². The van der Waals surface area contributed by atoms with Gasteiger partial charge >= 0.3 is 0 Å². The van der Waals surface area contributed by atoms with Crippen molar-refractivity contribution in [3.05, 3.63) is 22.7 Å². The summed E-state index contributed by atoms with van der Waals surface area (Å²) in [6, 6.07) is 4.95. The highest BCUT2D eigenvalue weighted by Gasteiger charge is 2.20. The molecule has 0 aliphatic heterocycles. The molecule has 0 aromatic heterocycles. The lowest BCUT2D eigenvalue weighted by Gasteiger charge is -2.14. The molecule has 96 valence electrons. The molecular weight excluding hydrogens is 310 g/mol. The minimum absolute atomic E-state index is 0.379. The summed E-state index contributed by atoms with van der Waals surface area (Å²) in [7, 11) is -2.10. The van der Waals surface area contributed by atoms with Crippen molar-refractivity contribution in [1.82, 2.24) is 0 Å². The zero-order valence-corrected chi connectivity index (χ0v) is 11.9. The molecule has 0 radical (unpaired) electrons. The van der Waals surface area contributed by atoms with E-state index in [1.807, 2.05) is 0 Å². The lowest BCUT2D eigenvalue weighted by molar-refractivity contribution is 0.296. The molecule has 0 aliphatic rings. The maximum absolute atomic E-state index is 11.8. The molecule has 0 bridgehead atoms. The molecule has 1 unspecified atom stereocenters. The third-order valence-electron chi connectivity index (χ3n) is 2.21. The predicted octanol–water partition coefficient (Wildman–Crippen LogP) is 1.58. The maximum Gasteiger partial charge on any atom is 0.237 e. The first-order chi connectivity index (χ1) is 7.90. The molecule has 5 nitrogen and oxygen atoms in total. The number of rotatable bonds is 5. The van der Waals surface area contributed by atoms with Gasteiger partial charge in [0, 0.05) is 10.5 Å². The fourth-order valence-corrected chi connectivity index (χ4v) is 2.41. The van der Waals surface area contributed by atoms with E-state index in [4.69, 9.17) is 9.84 Å². The fraction of sp³-hybridized carbons (Fsp3) is 0.400. The van der Waals surface area contributed by atoms with Gasteiger partial charge in [0.1, 0.15) is 11.0 Å². The van der Waals surface area contributed by atoms with Gasteiger partial charge in [-0.3, -0.25) is 4.72 Å². The number of nitrogens with one attached hydrogen (secondary N) is 1. The molecular formula is C10H14BrNO4S. The van der Waals surface area contributed by atoms with Crippen molar-refractivity contribution in [2.75, 3.05) is 18.4 Å². The largest absolute Gasteiger partial charge is 0.497 e. The lowest BCUT2D eigenvalue weighted by Crippen LogP contribution is -2.28. The third-order valence-corrected chi connectivity index (χ3v) is 4.62. The third kappa shape index (κ3) is 3.58. The van der Waals surface area contributed by atoms with E-state index in [1.54, 1.807) is 18.2 Å². The Bertz CT molecular complexity index is 489. The molecule has 0 amide bonds. The SMILES string of the molecule is COc1ccc(Br)c(NS(=O)(=O)C(C)CO)c1. The summed E-state index contributed by atoms with van der Waals surface area (Å²) in [5.41, 5.74) is 0.379. The molecule has 1 aromatic carbocycles. The van der Waals surface area contributed by atoms with E-state index in [0.717, 1.165) is 0 Å². The Balaban J connectivity index is 3.02. The van der Waals surface area contributed by atoms with Gasteiger partial charge in [-0.05, 0) is 35.0 Å². The molecule has 1 rings (SSSR count). The quantitative estimate of drug-likeness (QED) is 0.862. The maximum atomic E-state index is 11.8. The monoisotopic (exact) mass is 323 g/mol. The number of anilines is 1. The summed E-state index contributed by atoms with van der Waals surface area (Å²) < 4.78 is 31.5. The molecule has 0 saturated carbocycles. The molecule has 17 heavy (non-hydrogen) atoms. The second-order valence-electron chi connectivity index (χ2n) is 3.49. The molecule has 0 saturated heterocycles. The first-order valence-corrected chi connectivity index (χ1v) is 7.20. The summed E-state index contributed by atoms with van der Waals surface area (Å²) in [5, 5.41) is 7.99. The van der Waals surface area contributed by atoms with Crippen LogP contribution in [0.5, 0.6) is 5.75 Å². The van der Waals surface area contributed by atoms with Crippen LogP contribution in [-0.2, 0) is 10.0 Å². The minimum Gasteiger partial charge on any atom is -0.497 e. The van der Waals surface area contributed by atoms with E-state index >= 15 is 0 Å². The molecule has 0 heterocycles. The summed E-state index contributed by atoms with van der Waals surface area (Å²) in [4.78, 5) is 0.